The molecule has 7 heteroatoms. The summed E-state index contributed by atoms with van der Waals surface area (Å²) in [7, 11) is 0. The molecule has 0 bridgehead atoms. The molecule has 1 aliphatic heterocycles. The van der Waals surface area contributed by atoms with Crippen molar-refractivity contribution in [2.45, 2.75) is 40.3 Å². The van der Waals surface area contributed by atoms with Gasteiger partial charge in [0.2, 0.25) is 0 Å². The number of aromatic nitrogens is 1. The molecule has 0 unspecified atom stereocenters. The second-order valence-electron chi connectivity index (χ2n) is 9.48. The Balaban J connectivity index is 1.78. The number of hydrogen-bond donors (Lipinski definition) is 1. The Bertz CT molecular complexity index is 1300. The van der Waals surface area contributed by atoms with E-state index in [0.29, 0.717) is 41.8 Å². The average Bonchev–Trinajstić information content (AvgIpc) is 3.13. The molecule has 4 rings (SSSR count). The minimum Gasteiger partial charge on any atom is -0.507 e. The van der Waals surface area contributed by atoms with Crippen molar-refractivity contribution in [3.05, 3.63) is 94.8 Å². The number of carbonyl (C=O) groups is 2. The zero-order valence-corrected chi connectivity index (χ0v) is 21.6. The number of amides is 1. The third kappa shape index (κ3) is 5.66. The van der Waals surface area contributed by atoms with Gasteiger partial charge in [-0.1, -0.05) is 32.0 Å². The van der Waals surface area contributed by atoms with Crippen LogP contribution in [0.1, 0.15) is 49.1 Å². The van der Waals surface area contributed by atoms with Gasteiger partial charge >= 0.3 is 0 Å². The number of aliphatic hydroxyl groups excluding tert-OH is 1. The zero-order chi connectivity index (χ0) is 26.5. The minimum absolute atomic E-state index is 0.0494. The highest BCUT2D eigenvalue weighted by atomic mass is 16.5. The van der Waals surface area contributed by atoms with Gasteiger partial charge in [0.15, 0.2) is 0 Å². The van der Waals surface area contributed by atoms with E-state index in [1.165, 1.54) is 4.90 Å². The molecule has 1 aliphatic rings. The summed E-state index contributed by atoms with van der Waals surface area (Å²) in [5, 5.41) is 11.4. The predicted octanol–water partition coefficient (Wildman–Crippen LogP) is 5.45. The lowest BCUT2D eigenvalue weighted by Gasteiger charge is -2.25. The summed E-state index contributed by atoms with van der Waals surface area (Å²) in [4.78, 5) is 32.2. The summed E-state index contributed by atoms with van der Waals surface area (Å²) >= 11 is 0. The normalized spacial score (nSPS) is 16.9. The van der Waals surface area contributed by atoms with Gasteiger partial charge in [0.25, 0.3) is 11.7 Å². The van der Waals surface area contributed by atoms with Crippen molar-refractivity contribution in [2.24, 2.45) is 5.92 Å². The number of pyridine rings is 1. The quantitative estimate of drug-likeness (QED) is 0.239. The highest BCUT2D eigenvalue weighted by Crippen LogP contribution is 2.41. The molecule has 3 aromatic rings. The van der Waals surface area contributed by atoms with Crippen LogP contribution in [0.3, 0.4) is 0 Å². The summed E-state index contributed by atoms with van der Waals surface area (Å²) in [5.41, 5.74) is 2.80. The first kappa shape index (κ1) is 25.9. The molecule has 1 fully saturated rings. The van der Waals surface area contributed by atoms with Crippen LogP contribution >= 0.6 is 0 Å². The Morgan fingerprint density at radius 3 is 2.46 bits per heavy atom. The maximum absolute atomic E-state index is 13.3. The van der Waals surface area contributed by atoms with Gasteiger partial charge in [0.05, 0.1) is 24.8 Å². The fourth-order valence-corrected chi connectivity index (χ4v) is 4.36. The Morgan fingerprint density at radius 1 is 1.08 bits per heavy atom. The third-order valence-corrected chi connectivity index (χ3v) is 6.14. The van der Waals surface area contributed by atoms with Crippen molar-refractivity contribution < 1.29 is 24.2 Å². The van der Waals surface area contributed by atoms with Gasteiger partial charge < -0.3 is 19.5 Å². The first-order chi connectivity index (χ1) is 17.8. The molecule has 1 saturated heterocycles. The number of rotatable bonds is 9. The molecule has 1 N–H and O–H groups in total. The lowest BCUT2D eigenvalue weighted by molar-refractivity contribution is -0.140. The Kier molecular flexibility index (Phi) is 7.92. The van der Waals surface area contributed by atoms with Crippen molar-refractivity contribution >= 4 is 17.4 Å². The van der Waals surface area contributed by atoms with Crippen LogP contribution < -0.4 is 9.47 Å². The number of Topliss-reactive ketones (excluding diaryl/α,β-unsaturated/α-hetero) is 1. The summed E-state index contributed by atoms with van der Waals surface area (Å²) in [6.45, 7) is 9.20. The largest absolute Gasteiger partial charge is 0.507 e. The predicted molar refractivity (Wildman–Crippen MR) is 141 cm³/mol. The molecule has 2 aromatic carbocycles. The van der Waals surface area contributed by atoms with E-state index in [1.54, 1.807) is 48.8 Å². The first-order valence-electron chi connectivity index (χ1n) is 12.4. The number of carbonyl (C=O) groups excluding carboxylic acids is 2. The highest BCUT2D eigenvalue weighted by Gasteiger charge is 2.46. The van der Waals surface area contributed by atoms with Gasteiger partial charge in [-0.25, -0.2) is 0 Å². The SMILES string of the molecule is CCOc1ccc([C@H]2/C(=C(\O)c3ccc(OCC(C)C)c(C)c3)C(=O)C(=O)N2Cc2cccnc2)cc1. The molecule has 0 aliphatic carbocycles. The number of likely N-dealkylation sites (tertiary alicyclic amines) is 1. The van der Waals surface area contributed by atoms with Crippen LogP contribution in [0.15, 0.2) is 72.6 Å². The summed E-state index contributed by atoms with van der Waals surface area (Å²) < 4.78 is 11.4. The van der Waals surface area contributed by atoms with Crippen LogP contribution in [0.2, 0.25) is 0 Å². The van der Waals surface area contributed by atoms with Crippen molar-refractivity contribution in [1.29, 1.82) is 0 Å². The van der Waals surface area contributed by atoms with E-state index in [2.05, 4.69) is 18.8 Å². The van der Waals surface area contributed by atoms with E-state index < -0.39 is 17.7 Å². The molecule has 1 atom stereocenters. The maximum Gasteiger partial charge on any atom is 0.295 e. The molecule has 37 heavy (non-hydrogen) atoms. The van der Waals surface area contributed by atoms with Crippen LogP contribution in [0.4, 0.5) is 0 Å². The van der Waals surface area contributed by atoms with Crippen molar-refractivity contribution in [1.82, 2.24) is 9.88 Å². The number of hydrogen-bond acceptors (Lipinski definition) is 6. The molecule has 1 amide bonds. The van der Waals surface area contributed by atoms with Crippen molar-refractivity contribution in [3.8, 4) is 11.5 Å². The fourth-order valence-electron chi connectivity index (χ4n) is 4.36. The molecule has 1 aromatic heterocycles. The lowest BCUT2D eigenvalue weighted by atomic mass is 9.94. The van der Waals surface area contributed by atoms with E-state index in [9.17, 15) is 14.7 Å². The molecule has 0 radical (unpaired) electrons. The molecule has 7 nitrogen and oxygen atoms in total. The second kappa shape index (κ2) is 11.3. The van der Waals surface area contributed by atoms with E-state index in [4.69, 9.17) is 9.47 Å². The standard InChI is InChI=1S/C30H32N2O5/c1-5-36-24-11-8-22(9-12-24)27-26(29(34)30(35)32(27)17-21-7-6-14-31-16-21)28(33)23-10-13-25(20(4)15-23)37-18-19(2)3/h6-16,19,27,33H,5,17-18H2,1-4H3/b28-26+/t27-/m0/s1. The maximum atomic E-state index is 13.3. The van der Waals surface area contributed by atoms with Crippen molar-refractivity contribution in [2.75, 3.05) is 13.2 Å². The summed E-state index contributed by atoms with van der Waals surface area (Å²) in [6, 6.07) is 15.4. The van der Waals surface area contributed by atoms with E-state index in [1.807, 2.05) is 32.0 Å². The van der Waals surface area contributed by atoms with Gasteiger partial charge in [-0.3, -0.25) is 14.6 Å². The molecular weight excluding hydrogens is 468 g/mol. The summed E-state index contributed by atoms with van der Waals surface area (Å²) in [6.07, 6.45) is 3.31. The number of aliphatic hydroxyl groups is 1. The smallest absolute Gasteiger partial charge is 0.295 e. The van der Waals surface area contributed by atoms with Gasteiger partial charge in [-0.15, -0.1) is 0 Å². The molecule has 0 saturated carbocycles. The number of benzene rings is 2. The monoisotopic (exact) mass is 500 g/mol. The second-order valence-corrected chi connectivity index (χ2v) is 9.48. The third-order valence-electron chi connectivity index (χ3n) is 6.14. The minimum atomic E-state index is -0.770. The Morgan fingerprint density at radius 2 is 1.84 bits per heavy atom. The lowest BCUT2D eigenvalue weighted by Crippen LogP contribution is -2.29. The Hall–Kier alpha value is -4.13. The molecule has 0 spiro atoms. The Labute approximate surface area is 217 Å². The van der Waals surface area contributed by atoms with E-state index >= 15 is 0 Å². The number of aryl methyl sites for hydroxylation is 1. The number of ketones is 1. The first-order valence-corrected chi connectivity index (χ1v) is 12.4. The summed E-state index contributed by atoms with van der Waals surface area (Å²) in [5.74, 6) is 0.159. The van der Waals surface area contributed by atoms with Crippen LogP contribution in [0.25, 0.3) is 5.76 Å². The van der Waals surface area contributed by atoms with Crippen LogP contribution in [0.5, 0.6) is 11.5 Å². The highest BCUT2D eigenvalue weighted by molar-refractivity contribution is 6.46. The topological polar surface area (TPSA) is 89.0 Å². The molecule has 192 valence electrons. The van der Waals surface area contributed by atoms with Gasteiger partial charge in [-0.2, -0.15) is 0 Å². The molecule has 2 heterocycles. The number of ether oxygens (including phenoxy) is 2. The molecular formula is C30H32N2O5. The number of nitrogens with zero attached hydrogens (tertiary/aromatic N) is 2. The van der Waals surface area contributed by atoms with Crippen LogP contribution in [-0.2, 0) is 16.1 Å². The van der Waals surface area contributed by atoms with E-state index in [-0.39, 0.29) is 17.9 Å². The van der Waals surface area contributed by atoms with Gasteiger partial charge in [-0.05, 0) is 72.9 Å². The van der Waals surface area contributed by atoms with Gasteiger partial charge in [0.1, 0.15) is 17.3 Å². The zero-order valence-electron chi connectivity index (χ0n) is 21.6. The van der Waals surface area contributed by atoms with Crippen molar-refractivity contribution in [3.63, 3.8) is 0 Å². The average molecular weight is 501 g/mol. The van der Waals surface area contributed by atoms with Crippen LogP contribution in [0, 0.1) is 12.8 Å². The van der Waals surface area contributed by atoms with Crippen LogP contribution in [-0.4, -0.2) is 39.9 Å². The van der Waals surface area contributed by atoms with E-state index in [0.717, 1.165) is 11.1 Å². The van der Waals surface area contributed by atoms with Gasteiger partial charge in [0, 0.05) is 24.5 Å². The fraction of sp³-hybridized carbons (Fsp3) is 0.300.